The van der Waals surface area contributed by atoms with Gasteiger partial charge >= 0.3 is 6.18 Å². The molecule has 3 aromatic carbocycles. The van der Waals surface area contributed by atoms with Crippen LogP contribution in [0.2, 0.25) is 0 Å². The van der Waals surface area contributed by atoms with Gasteiger partial charge in [0.1, 0.15) is 0 Å². The molecule has 0 bridgehead atoms. The highest BCUT2D eigenvalue weighted by atomic mass is 19.4. The first-order valence-corrected chi connectivity index (χ1v) is 9.68. The number of nitrogens with two attached hydrogens (primary N) is 1. The minimum Gasteiger partial charge on any atom is -0.327 e. The van der Waals surface area contributed by atoms with Crippen molar-refractivity contribution in [3.8, 4) is 11.1 Å². The second-order valence-electron chi connectivity index (χ2n) is 7.69. The summed E-state index contributed by atoms with van der Waals surface area (Å²) in [5.74, 6) is -0.578. The van der Waals surface area contributed by atoms with Crippen LogP contribution < -0.4 is 11.1 Å². The van der Waals surface area contributed by atoms with Gasteiger partial charge in [0.15, 0.2) is 0 Å². The number of amides is 1. The van der Waals surface area contributed by atoms with Crippen molar-refractivity contribution in [3.05, 3.63) is 88.5 Å². The van der Waals surface area contributed by atoms with Crippen molar-refractivity contribution in [2.45, 2.75) is 32.0 Å². The molecule has 1 amide bonds. The molecule has 0 saturated heterocycles. The van der Waals surface area contributed by atoms with Gasteiger partial charge in [-0.3, -0.25) is 4.79 Å². The largest absolute Gasteiger partial charge is 0.416 e. The Morgan fingerprint density at radius 1 is 1.00 bits per heavy atom. The third-order valence-corrected chi connectivity index (χ3v) is 5.40. The van der Waals surface area contributed by atoms with E-state index in [1.807, 2.05) is 18.2 Å². The summed E-state index contributed by atoms with van der Waals surface area (Å²) in [7, 11) is 0. The molecule has 1 aliphatic carbocycles. The minimum absolute atomic E-state index is 0.00859. The predicted octanol–water partition coefficient (Wildman–Crippen LogP) is 5.36. The highest BCUT2D eigenvalue weighted by Gasteiger charge is 2.33. The number of carbonyl (C=O) groups is 1. The number of halogens is 3. The fourth-order valence-electron chi connectivity index (χ4n) is 4.05. The summed E-state index contributed by atoms with van der Waals surface area (Å²) in [4.78, 5) is 13.1. The number of nitrogens with one attached hydrogen (secondary N) is 1. The Kier molecular flexibility index (Phi) is 5.12. The molecule has 3 aromatic rings. The molecule has 154 valence electrons. The van der Waals surface area contributed by atoms with Gasteiger partial charge in [0.25, 0.3) is 5.91 Å². The van der Waals surface area contributed by atoms with E-state index in [2.05, 4.69) is 5.32 Å². The molecule has 0 heterocycles. The highest BCUT2D eigenvalue weighted by Crippen LogP contribution is 2.36. The van der Waals surface area contributed by atoms with E-state index in [1.165, 1.54) is 0 Å². The molecule has 0 fully saturated rings. The molecular formula is C24H21F3N2O. The molecule has 3 nitrogen and oxygen atoms in total. The van der Waals surface area contributed by atoms with Crippen LogP contribution in [-0.2, 0) is 19.0 Å². The monoisotopic (exact) mass is 410 g/mol. The van der Waals surface area contributed by atoms with Crippen LogP contribution in [0.1, 0.15) is 32.6 Å². The zero-order chi connectivity index (χ0) is 21.5. The van der Waals surface area contributed by atoms with Gasteiger partial charge < -0.3 is 11.1 Å². The molecule has 6 heteroatoms. The van der Waals surface area contributed by atoms with Crippen molar-refractivity contribution in [3.63, 3.8) is 0 Å². The molecule has 3 N–H and O–H groups in total. The summed E-state index contributed by atoms with van der Waals surface area (Å²) < 4.78 is 40.2. The molecule has 4 rings (SSSR count). The van der Waals surface area contributed by atoms with Crippen LogP contribution in [0.25, 0.3) is 11.1 Å². The van der Waals surface area contributed by atoms with Crippen molar-refractivity contribution < 1.29 is 18.0 Å². The third kappa shape index (κ3) is 3.96. The predicted molar refractivity (Wildman–Crippen MR) is 111 cm³/mol. The average Bonchev–Trinajstić information content (AvgIpc) is 3.06. The normalized spacial score (nSPS) is 15.7. The van der Waals surface area contributed by atoms with Gasteiger partial charge in [-0.25, -0.2) is 0 Å². The number of alkyl halides is 3. The second-order valence-corrected chi connectivity index (χ2v) is 7.69. The van der Waals surface area contributed by atoms with Gasteiger partial charge in [0, 0.05) is 17.3 Å². The van der Waals surface area contributed by atoms with Gasteiger partial charge in [0.05, 0.1) is 5.56 Å². The van der Waals surface area contributed by atoms with Crippen LogP contribution in [0.4, 0.5) is 18.9 Å². The Morgan fingerprint density at radius 2 is 1.70 bits per heavy atom. The molecule has 30 heavy (non-hydrogen) atoms. The lowest BCUT2D eigenvalue weighted by Crippen LogP contribution is -2.19. The smallest absolute Gasteiger partial charge is 0.327 e. The van der Waals surface area contributed by atoms with Crippen molar-refractivity contribution in [1.82, 2.24) is 0 Å². The van der Waals surface area contributed by atoms with Gasteiger partial charge in [-0.1, -0.05) is 36.4 Å². The van der Waals surface area contributed by atoms with E-state index in [9.17, 15) is 18.0 Å². The number of anilines is 1. The van der Waals surface area contributed by atoms with Gasteiger partial charge in [-0.05, 0) is 71.8 Å². The van der Waals surface area contributed by atoms with Gasteiger partial charge in [-0.15, -0.1) is 0 Å². The van der Waals surface area contributed by atoms with Gasteiger partial charge in [-0.2, -0.15) is 13.2 Å². The van der Waals surface area contributed by atoms with Crippen molar-refractivity contribution in [1.29, 1.82) is 0 Å². The number of fused-ring (bicyclic) bond motifs is 1. The van der Waals surface area contributed by atoms with Gasteiger partial charge in [0.2, 0.25) is 0 Å². The lowest BCUT2D eigenvalue weighted by molar-refractivity contribution is -0.137. The molecule has 1 aliphatic rings. The topological polar surface area (TPSA) is 55.1 Å². The molecular weight excluding hydrogens is 389 g/mol. The number of hydrogen-bond donors (Lipinski definition) is 2. The molecule has 0 spiro atoms. The third-order valence-electron chi connectivity index (χ3n) is 5.40. The lowest BCUT2D eigenvalue weighted by Gasteiger charge is -2.17. The second kappa shape index (κ2) is 7.61. The summed E-state index contributed by atoms with van der Waals surface area (Å²) in [6, 6.07) is 16.5. The fourth-order valence-corrected chi connectivity index (χ4v) is 4.05. The molecule has 0 radical (unpaired) electrons. The van der Waals surface area contributed by atoms with E-state index >= 15 is 0 Å². The van der Waals surface area contributed by atoms with E-state index in [1.54, 1.807) is 37.3 Å². The number of aryl methyl sites for hydroxylation is 1. The summed E-state index contributed by atoms with van der Waals surface area (Å²) in [6.45, 7) is 1.59. The van der Waals surface area contributed by atoms with Crippen LogP contribution in [-0.4, -0.2) is 11.9 Å². The number of rotatable bonds is 3. The number of benzene rings is 3. The van der Waals surface area contributed by atoms with Crippen LogP contribution in [0.5, 0.6) is 0 Å². The van der Waals surface area contributed by atoms with Crippen molar-refractivity contribution in [2.24, 2.45) is 5.73 Å². The van der Waals surface area contributed by atoms with Crippen LogP contribution in [0.3, 0.4) is 0 Å². The Hall–Kier alpha value is -3.12. The van der Waals surface area contributed by atoms with Crippen molar-refractivity contribution >= 4 is 11.6 Å². The first-order chi connectivity index (χ1) is 14.2. The van der Waals surface area contributed by atoms with E-state index in [0.717, 1.165) is 36.1 Å². The lowest BCUT2D eigenvalue weighted by atomic mass is 9.92. The summed E-state index contributed by atoms with van der Waals surface area (Å²) in [6.07, 6.45) is -3.04. The van der Waals surface area contributed by atoms with E-state index in [4.69, 9.17) is 5.73 Å². The molecule has 0 saturated carbocycles. The van der Waals surface area contributed by atoms with E-state index < -0.39 is 17.6 Å². The highest BCUT2D eigenvalue weighted by molar-refractivity contribution is 6.09. The zero-order valence-electron chi connectivity index (χ0n) is 16.4. The Morgan fingerprint density at radius 3 is 2.40 bits per heavy atom. The summed E-state index contributed by atoms with van der Waals surface area (Å²) >= 11 is 0. The maximum Gasteiger partial charge on any atom is 0.416 e. The number of hydrogen-bond acceptors (Lipinski definition) is 2. The van der Waals surface area contributed by atoms with Crippen LogP contribution >= 0.6 is 0 Å². The van der Waals surface area contributed by atoms with E-state index in [-0.39, 0.29) is 11.6 Å². The number of carbonyl (C=O) groups excluding carboxylic acids is 1. The first kappa shape index (κ1) is 20.2. The van der Waals surface area contributed by atoms with Crippen LogP contribution in [0, 0.1) is 6.92 Å². The van der Waals surface area contributed by atoms with E-state index in [0.29, 0.717) is 22.4 Å². The molecule has 0 aromatic heterocycles. The summed E-state index contributed by atoms with van der Waals surface area (Å²) in [5.41, 5.74) is 9.45. The Labute approximate surface area is 172 Å². The minimum atomic E-state index is -4.54. The molecule has 0 unspecified atom stereocenters. The Bertz CT molecular complexity index is 1110. The first-order valence-electron chi connectivity index (χ1n) is 9.68. The quantitative estimate of drug-likeness (QED) is 0.611. The zero-order valence-corrected chi connectivity index (χ0v) is 16.4. The molecule has 0 aliphatic heterocycles. The summed E-state index contributed by atoms with van der Waals surface area (Å²) in [5, 5.41) is 2.77. The average molecular weight is 410 g/mol. The molecule has 1 atom stereocenters. The SMILES string of the molecule is Cc1cc(C(F)(F)F)cc(C(=O)Nc2ccc3c(c2)C[C@H](N)C3)c1-c1ccccc1. The van der Waals surface area contributed by atoms with Crippen LogP contribution in [0.15, 0.2) is 60.7 Å². The standard InChI is InChI=1S/C24H21F3N2O/c1-14-9-18(24(25,26)27)13-21(22(14)15-5-3-2-4-6-15)23(30)29-20-8-7-16-10-19(28)11-17(16)12-20/h2-9,12-13,19H,10-11,28H2,1H3,(H,29,30)/t19-/m1/s1. The maximum atomic E-state index is 13.4. The fraction of sp³-hybridized carbons (Fsp3) is 0.208. The Balaban J connectivity index is 1.75. The maximum absolute atomic E-state index is 13.4. The van der Waals surface area contributed by atoms with Crippen molar-refractivity contribution in [2.75, 3.05) is 5.32 Å².